The highest BCUT2D eigenvalue weighted by atomic mass is 32.1. The Morgan fingerprint density at radius 2 is 1.88 bits per heavy atom. The van der Waals surface area contributed by atoms with Crippen molar-refractivity contribution in [2.45, 2.75) is 34.6 Å². The largest absolute Gasteiger partial charge is 0.354 e. The first kappa shape index (κ1) is 19.1. The molecule has 1 aromatic carbocycles. The van der Waals surface area contributed by atoms with Crippen LogP contribution in [0.4, 0.5) is 5.13 Å². The van der Waals surface area contributed by atoms with Gasteiger partial charge in [-0.25, -0.2) is 4.98 Å². The van der Waals surface area contributed by atoms with Crippen molar-refractivity contribution in [2.24, 2.45) is 5.41 Å². The maximum absolute atomic E-state index is 11.9. The number of hydrogen-bond donors (Lipinski definition) is 1. The SMILES string of the molecule is Cc1cc(C)c2nc(N3CCN(CCNC(=O)C(C)(C)C)CC3)sc2c1. The van der Waals surface area contributed by atoms with Crippen LogP contribution in [0.3, 0.4) is 0 Å². The van der Waals surface area contributed by atoms with Crippen LogP contribution in [0.2, 0.25) is 0 Å². The molecule has 0 bridgehead atoms. The van der Waals surface area contributed by atoms with Crippen LogP contribution < -0.4 is 10.2 Å². The van der Waals surface area contributed by atoms with Gasteiger partial charge in [-0.1, -0.05) is 38.2 Å². The van der Waals surface area contributed by atoms with Crippen molar-refractivity contribution in [3.05, 3.63) is 23.3 Å². The second-order valence-electron chi connectivity index (χ2n) is 8.26. The molecule has 5 nitrogen and oxygen atoms in total. The zero-order valence-corrected chi connectivity index (χ0v) is 17.4. The lowest BCUT2D eigenvalue weighted by Crippen LogP contribution is -2.49. The molecule has 0 saturated carbocycles. The molecule has 3 rings (SSSR count). The molecule has 1 fully saturated rings. The van der Waals surface area contributed by atoms with Crippen LogP contribution in [0.5, 0.6) is 0 Å². The van der Waals surface area contributed by atoms with Crippen LogP contribution >= 0.6 is 11.3 Å². The molecule has 26 heavy (non-hydrogen) atoms. The van der Waals surface area contributed by atoms with Gasteiger partial charge in [-0.15, -0.1) is 0 Å². The maximum Gasteiger partial charge on any atom is 0.225 e. The number of amides is 1. The third-order valence-corrected chi connectivity index (χ3v) is 5.92. The fraction of sp³-hybridized carbons (Fsp3) is 0.600. The summed E-state index contributed by atoms with van der Waals surface area (Å²) in [5.41, 5.74) is 3.38. The number of anilines is 1. The second kappa shape index (κ2) is 7.53. The number of hydrogen-bond acceptors (Lipinski definition) is 5. The summed E-state index contributed by atoms with van der Waals surface area (Å²) in [6.07, 6.45) is 0. The summed E-state index contributed by atoms with van der Waals surface area (Å²) in [5.74, 6) is 0.122. The van der Waals surface area contributed by atoms with Gasteiger partial charge in [0.05, 0.1) is 10.2 Å². The molecule has 142 valence electrons. The smallest absolute Gasteiger partial charge is 0.225 e. The average molecular weight is 375 g/mol. The van der Waals surface area contributed by atoms with E-state index >= 15 is 0 Å². The first-order chi connectivity index (χ1) is 12.2. The van der Waals surface area contributed by atoms with Crippen LogP contribution in [0.1, 0.15) is 31.9 Å². The molecule has 1 N–H and O–H groups in total. The fourth-order valence-electron chi connectivity index (χ4n) is 3.25. The van der Waals surface area contributed by atoms with E-state index in [4.69, 9.17) is 4.98 Å². The Morgan fingerprint density at radius 1 is 1.19 bits per heavy atom. The van der Waals surface area contributed by atoms with Crippen LogP contribution in [0.15, 0.2) is 12.1 Å². The number of nitrogens with one attached hydrogen (secondary N) is 1. The third-order valence-electron chi connectivity index (χ3n) is 4.86. The van der Waals surface area contributed by atoms with Crippen molar-refractivity contribution in [1.82, 2.24) is 15.2 Å². The number of rotatable bonds is 4. The van der Waals surface area contributed by atoms with Gasteiger partial charge < -0.3 is 10.2 Å². The lowest BCUT2D eigenvalue weighted by atomic mass is 9.96. The molecule has 0 unspecified atom stereocenters. The van der Waals surface area contributed by atoms with E-state index in [1.807, 2.05) is 20.8 Å². The molecule has 6 heteroatoms. The summed E-state index contributed by atoms with van der Waals surface area (Å²) >= 11 is 1.80. The van der Waals surface area contributed by atoms with Crippen molar-refractivity contribution < 1.29 is 4.79 Å². The highest BCUT2D eigenvalue weighted by molar-refractivity contribution is 7.22. The Kier molecular flexibility index (Phi) is 5.53. The third kappa shape index (κ3) is 4.35. The molecular formula is C20H30N4OS. The number of piperazine rings is 1. The molecule has 1 aliphatic heterocycles. The van der Waals surface area contributed by atoms with Gasteiger partial charge in [-0.05, 0) is 31.0 Å². The predicted molar refractivity (Wildman–Crippen MR) is 110 cm³/mol. The van der Waals surface area contributed by atoms with Crippen molar-refractivity contribution in [3.8, 4) is 0 Å². The molecule has 0 spiro atoms. The van der Waals surface area contributed by atoms with Gasteiger partial charge in [0.15, 0.2) is 5.13 Å². The first-order valence-corrected chi connectivity index (χ1v) is 10.2. The van der Waals surface area contributed by atoms with E-state index in [-0.39, 0.29) is 11.3 Å². The topological polar surface area (TPSA) is 48.5 Å². The van der Waals surface area contributed by atoms with Crippen molar-refractivity contribution in [2.75, 3.05) is 44.2 Å². The van der Waals surface area contributed by atoms with Gasteiger partial charge in [0.25, 0.3) is 0 Å². The van der Waals surface area contributed by atoms with Gasteiger partial charge in [-0.3, -0.25) is 9.69 Å². The van der Waals surface area contributed by atoms with Crippen LogP contribution in [-0.2, 0) is 4.79 Å². The molecule has 2 aromatic rings. The number of carbonyl (C=O) groups excluding carboxylic acids is 1. The van der Waals surface area contributed by atoms with Crippen molar-refractivity contribution in [3.63, 3.8) is 0 Å². The maximum atomic E-state index is 11.9. The van der Waals surface area contributed by atoms with Gasteiger partial charge >= 0.3 is 0 Å². The Bertz CT molecular complexity index is 785. The average Bonchev–Trinajstić information content (AvgIpc) is 2.98. The Morgan fingerprint density at radius 3 is 2.54 bits per heavy atom. The summed E-state index contributed by atoms with van der Waals surface area (Å²) in [4.78, 5) is 21.6. The fourth-order valence-corrected chi connectivity index (χ4v) is 4.44. The summed E-state index contributed by atoms with van der Waals surface area (Å²) in [6, 6.07) is 4.44. The highest BCUT2D eigenvalue weighted by Crippen LogP contribution is 2.32. The van der Waals surface area contributed by atoms with Crippen LogP contribution in [0, 0.1) is 19.3 Å². The number of carbonyl (C=O) groups is 1. The Balaban J connectivity index is 1.52. The first-order valence-electron chi connectivity index (χ1n) is 9.37. The minimum atomic E-state index is -0.317. The Labute approximate surface area is 160 Å². The standard InChI is InChI=1S/C20H30N4OS/c1-14-12-15(2)17-16(13-14)26-19(22-17)24-10-8-23(9-11-24)7-6-21-18(25)20(3,4)5/h12-13H,6-11H2,1-5H3,(H,21,25). The molecule has 0 aliphatic carbocycles. The molecule has 1 aliphatic rings. The van der Waals surface area contributed by atoms with Crippen LogP contribution in [0.25, 0.3) is 10.2 Å². The summed E-state index contributed by atoms with van der Waals surface area (Å²) in [6.45, 7) is 15.8. The minimum absolute atomic E-state index is 0.122. The minimum Gasteiger partial charge on any atom is -0.354 e. The zero-order valence-electron chi connectivity index (χ0n) is 16.6. The molecule has 1 aromatic heterocycles. The summed E-state index contributed by atoms with van der Waals surface area (Å²) in [7, 11) is 0. The normalized spacial score (nSPS) is 16.3. The monoisotopic (exact) mass is 374 g/mol. The molecule has 0 radical (unpaired) electrons. The van der Waals surface area contributed by atoms with E-state index < -0.39 is 0 Å². The lowest BCUT2D eigenvalue weighted by molar-refractivity contribution is -0.128. The van der Waals surface area contributed by atoms with Crippen molar-refractivity contribution >= 4 is 32.6 Å². The quantitative estimate of drug-likeness (QED) is 0.893. The van der Waals surface area contributed by atoms with E-state index in [1.165, 1.54) is 15.8 Å². The van der Waals surface area contributed by atoms with Crippen molar-refractivity contribution in [1.29, 1.82) is 0 Å². The van der Waals surface area contributed by atoms with E-state index in [1.54, 1.807) is 11.3 Å². The highest BCUT2D eigenvalue weighted by Gasteiger charge is 2.22. The summed E-state index contributed by atoms with van der Waals surface area (Å²) in [5, 5.41) is 4.17. The number of benzene rings is 1. The number of aromatic nitrogens is 1. The zero-order chi connectivity index (χ0) is 18.9. The second-order valence-corrected chi connectivity index (χ2v) is 9.27. The predicted octanol–water partition coefficient (Wildman–Crippen LogP) is 3.20. The van der Waals surface area contributed by atoms with Crippen LogP contribution in [-0.4, -0.2) is 55.1 Å². The molecule has 0 atom stereocenters. The van der Waals surface area contributed by atoms with E-state index in [9.17, 15) is 4.79 Å². The molecule has 1 amide bonds. The number of fused-ring (bicyclic) bond motifs is 1. The Hall–Kier alpha value is -1.66. The number of thiazole rings is 1. The van der Waals surface area contributed by atoms with Gasteiger partial charge in [0, 0.05) is 44.7 Å². The van der Waals surface area contributed by atoms with Gasteiger partial charge in [0.2, 0.25) is 5.91 Å². The lowest BCUT2D eigenvalue weighted by Gasteiger charge is -2.34. The van der Waals surface area contributed by atoms with Gasteiger partial charge in [0.1, 0.15) is 0 Å². The van der Waals surface area contributed by atoms with E-state index in [0.29, 0.717) is 0 Å². The van der Waals surface area contributed by atoms with E-state index in [0.717, 1.165) is 49.9 Å². The number of aryl methyl sites for hydroxylation is 2. The number of nitrogens with zero attached hydrogens (tertiary/aromatic N) is 3. The van der Waals surface area contributed by atoms with E-state index in [2.05, 4.69) is 41.1 Å². The van der Waals surface area contributed by atoms with Gasteiger partial charge in [-0.2, -0.15) is 0 Å². The molecule has 2 heterocycles. The summed E-state index contributed by atoms with van der Waals surface area (Å²) < 4.78 is 1.28. The molecule has 1 saturated heterocycles. The molecular weight excluding hydrogens is 344 g/mol.